The first-order valence-electron chi connectivity index (χ1n) is 6.75. The Morgan fingerprint density at radius 3 is 2.80 bits per heavy atom. The summed E-state index contributed by atoms with van der Waals surface area (Å²) in [4.78, 5) is 0. The Bertz CT molecular complexity index is 669. The first-order valence-corrected chi connectivity index (χ1v) is 6.75. The van der Waals surface area contributed by atoms with Gasteiger partial charge in [-0.2, -0.15) is 0 Å². The Balaban J connectivity index is 1.69. The number of benzene rings is 2. The first-order chi connectivity index (χ1) is 9.81. The van der Waals surface area contributed by atoms with Crippen LogP contribution in [-0.2, 0) is 6.42 Å². The third kappa shape index (κ3) is 1.76. The first kappa shape index (κ1) is 11.5. The lowest BCUT2D eigenvalue weighted by Gasteiger charge is -2.27. The summed E-state index contributed by atoms with van der Waals surface area (Å²) in [5.74, 6) is 1.85. The van der Waals surface area contributed by atoms with Gasteiger partial charge in [0.05, 0.1) is 0 Å². The fourth-order valence-corrected chi connectivity index (χ4v) is 2.94. The van der Waals surface area contributed by atoms with Crippen LogP contribution in [0.25, 0.3) is 0 Å². The maximum absolute atomic E-state index is 10.2. The quantitative estimate of drug-likeness (QED) is 0.835. The zero-order valence-corrected chi connectivity index (χ0v) is 10.9. The highest BCUT2D eigenvalue weighted by Crippen LogP contribution is 2.42. The van der Waals surface area contributed by atoms with E-state index in [2.05, 4.69) is 17.4 Å². The van der Waals surface area contributed by atoms with Crippen LogP contribution in [0.5, 0.6) is 17.2 Å². The largest absolute Gasteiger partial charge is 0.508 e. The number of aromatic hydroxyl groups is 1. The lowest BCUT2D eigenvalue weighted by molar-refractivity contribution is 0.174. The molecular weight excluding hydrogens is 254 g/mol. The molecule has 0 spiro atoms. The second kappa shape index (κ2) is 4.34. The Hall–Kier alpha value is -2.36. The summed E-state index contributed by atoms with van der Waals surface area (Å²) in [5.41, 5.74) is 3.38. The number of anilines is 1. The Morgan fingerprint density at radius 2 is 1.90 bits per heavy atom. The SMILES string of the molecule is Oc1cc2c(cc1C1CNc3ccccc3C1)OCO2. The van der Waals surface area contributed by atoms with Gasteiger partial charge in [0, 0.05) is 29.8 Å². The molecule has 0 amide bonds. The molecule has 4 rings (SSSR count). The second-order valence-electron chi connectivity index (χ2n) is 5.20. The van der Waals surface area contributed by atoms with E-state index >= 15 is 0 Å². The molecule has 2 N–H and O–H groups in total. The van der Waals surface area contributed by atoms with Crippen LogP contribution >= 0.6 is 0 Å². The number of nitrogens with one attached hydrogen (secondary N) is 1. The number of hydrogen-bond donors (Lipinski definition) is 2. The van der Waals surface area contributed by atoms with Crippen molar-refractivity contribution in [1.29, 1.82) is 0 Å². The second-order valence-corrected chi connectivity index (χ2v) is 5.20. The van der Waals surface area contributed by atoms with E-state index in [4.69, 9.17) is 9.47 Å². The normalized spacial score (nSPS) is 19.3. The van der Waals surface area contributed by atoms with Gasteiger partial charge in [0.1, 0.15) is 5.75 Å². The molecule has 0 fully saturated rings. The van der Waals surface area contributed by atoms with Crippen molar-refractivity contribution >= 4 is 5.69 Å². The third-order valence-electron chi connectivity index (χ3n) is 3.98. The zero-order valence-electron chi connectivity index (χ0n) is 10.9. The molecule has 4 nitrogen and oxygen atoms in total. The Kier molecular flexibility index (Phi) is 2.49. The third-order valence-corrected chi connectivity index (χ3v) is 3.98. The van der Waals surface area contributed by atoms with Crippen LogP contribution in [0.4, 0.5) is 5.69 Å². The average molecular weight is 269 g/mol. The fourth-order valence-electron chi connectivity index (χ4n) is 2.94. The van der Waals surface area contributed by atoms with Crippen LogP contribution < -0.4 is 14.8 Å². The number of phenols is 1. The summed E-state index contributed by atoms with van der Waals surface area (Å²) in [6, 6.07) is 11.8. The lowest BCUT2D eigenvalue weighted by atomic mass is 9.87. The molecule has 2 heterocycles. The summed E-state index contributed by atoms with van der Waals surface area (Å²) < 4.78 is 10.7. The van der Waals surface area contributed by atoms with Gasteiger partial charge in [0.15, 0.2) is 11.5 Å². The molecule has 2 aromatic carbocycles. The maximum Gasteiger partial charge on any atom is 0.231 e. The van der Waals surface area contributed by atoms with Gasteiger partial charge in [-0.15, -0.1) is 0 Å². The molecule has 0 bridgehead atoms. The van der Waals surface area contributed by atoms with Crippen molar-refractivity contribution in [2.45, 2.75) is 12.3 Å². The van der Waals surface area contributed by atoms with Crippen molar-refractivity contribution < 1.29 is 14.6 Å². The zero-order chi connectivity index (χ0) is 13.5. The van der Waals surface area contributed by atoms with E-state index in [-0.39, 0.29) is 18.5 Å². The average Bonchev–Trinajstić information content (AvgIpc) is 2.93. The van der Waals surface area contributed by atoms with E-state index < -0.39 is 0 Å². The molecule has 102 valence electrons. The minimum absolute atomic E-state index is 0.226. The van der Waals surface area contributed by atoms with Gasteiger partial charge >= 0.3 is 0 Å². The number of phenolic OH excluding ortho intramolecular Hbond substituents is 1. The van der Waals surface area contributed by atoms with Crippen LogP contribution in [0.2, 0.25) is 0 Å². The van der Waals surface area contributed by atoms with Crippen LogP contribution in [0, 0.1) is 0 Å². The molecule has 2 aliphatic rings. The van der Waals surface area contributed by atoms with E-state index in [9.17, 15) is 5.11 Å². The highest BCUT2D eigenvalue weighted by atomic mass is 16.7. The van der Waals surface area contributed by atoms with Gasteiger partial charge in [-0.05, 0) is 24.1 Å². The molecule has 2 aliphatic heterocycles. The predicted octanol–water partition coefficient (Wildman–Crippen LogP) is 2.87. The van der Waals surface area contributed by atoms with Crippen LogP contribution in [-0.4, -0.2) is 18.4 Å². The van der Waals surface area contributed by atoms with Crippen molar-refractivity contribution in [3.05, 3.63) is 47.5 Å². The number of fused-ring (bicyclic) bond motifs is 2. The van der Waals surface area contributed by atoms with Crippen molar-refractivity contribution in [2.24, 2.45) is 0 Å². The summed E-state index contributed by atoms with van der Waals surface area (Å²) >= 11 is 0. The molecular formula is C16H15NO3. The van der Waals surface area contributed by atoms with Gasteiger partial charge in [0.2, 0.25) is 6.79 Å². The van der Waals surface area contributed by atoms with Crippen molar-refractivity contribution in [3.8, 4) is 17.2 Å². The van der Waals surface area contributed by atoms with Gasteiger partial charge in [-0.3, -0.25) is 0 Å². The van der Waals surface area contributed by atoms with E-state index in [0.29, 0.717) is 5.75 Å². The molecule has 0 aromatic heterocycles. The molecule has 20 heavy (non-hydrogen) atoms. The van der Waals surface area contributed by atoms with Crippen LogP contribution in [0.3, 0.4) is 0 Å². The van der Waals surface area contributed by atoms with Gasteiger partial charge in [-0.1, -0.05) is 18.2 Å². The molecule has 1 unspecified atom stereocenters. The predicted molar refractivity (Wildman–Crippen MR) is 75.6 cm³/mol. The number of rotatable bonds is 1. The molecule has 0 saturated heterocycles. The van der Waals surface area contributed by atoms with Gasteiger partial charge in [0.25, 0.3) is 0 Å². The maximum atomic E-state index is 10.2. The van der Waals surface area contributed by atoms with E-state index in [0.717, 1.165) is 24.3 Å². The topological polar surface area (TPSA) is 50.7 Å². The lowest BCUT2D eigenvalue weighted by Crippen LogP contribution is -2.21. The molecule has 0 aliphatic carbocycles. The van der Waals surface area contributed by atoms with Crippen molar-refractivity contribution in [1.82, 2.24) is 0 Å². The monoisotopic (exact) mass is 269 g/mol. The summed E-state index contributed by atoms with van der Waals surface area (Å²) in [6.45, 7) is 1.04. The van der Waals surface area contributed by atoms with Gasteiger partial charge in [-0.25, -0.2) is 0 Å². The molecule has 4 heteroatoms. The standard InChI is InChI=1S/C16H15NO3/c18-14-7-16-15(19-9-20-16)6-12(14)11-5-10-3-1-2-4-13(10)17-8-11/h1-4,6-7,11,17-18H,5,8-9H2. The molecule has 2 aromatic rings. The Labute approximate surface area is 117 Å². The summed E-state index contributed by atoms with van der Waals surface area (Å²) in [5, 5.41) is 13.6. The molecule has 0 saturated carbocycles. The van der Waals surface area contributed by atoms with E-state index in [1.54, 1.807) is 6.07 Å². The smallest absolute Gasteiger partial charge is 0.231 e. The fraction of sp³-hybridized carbons (Fsp3) is 0.250. The summed E-state index contributed by atoms with van der Waals surface area (Å²) in [7, 11) is 0. The van der Waals surface area contributed by atoms with Crippen LogP contribution in [0.1, 0.15) is 17.0 Å². The Morgan fingerprint density at radius 1 is 1.10 bits per heavy atom. The molecule has 0 radical (unpaired) electrons. The highest BCUT2D eigenvalue weighted by molar-refractivity contribution is 5.57. The van der Waals surface area contributed by atoms with E-state index in [1.807, 2.05) is 18.2 Å². The minimum atomic E-state index is 0.226. The number of para-hydroxylation sites is 1. The number of ether oxygens (including phenoxy) is 2. The van der Waals surface area contributed by atoms with Crippen LogP contribution in [0.15, 0.2) is 36.4 Å². The van der Waals surface area contributed by atoms with E-state index in [1.165, 1.54) is 11.3 Å². The summed E-state index contributed by atoms with van der Waals surface area (Å²) in [6.07, 6.45) is 0.913. The van der Waals surface area contributed by atoms with Gasteiger partial charge < -0.3 is 19.9 Å². The van der Waals surface area contributed by atoms with Crippen molar-refractivity contribution in [3.63, 3.8) is 0 Å². The minimum Gasteiger partial charge on any atom is -0.508 e. The molecule has 1 atom stereocenters. The number of hydrogen-bond acceptors (Lipinski definition) is 4. The highest BCUT2D eigenvalue weighted by Gasteiger charge is 2.25. The van der Waals surface area contributed by atoms with Crippen molar-refractivity contribution in [2.75, 3.05) is 18.7 Å².